The number of H-pyrrole nitrogens is 1. The van der Waals surface area contributed by atoms with Crippen LogP contribution in [0.5, 0.6) is 5.75 Å². The summed E-state index contributed by atoms with van der Waals surface area (Å²) in [5, 5.41) is 0. The third-order valence-corrected chi connectivity index (χ3v) is 4.84. The zero-order valence-electron chi connectivity index (χ0n) is 18.0. The molecule has 0 unspecified atom stereocenters. The number of carbonyl (C=O) groups excluding carboxylic acids is 1. The molecule has 1 amide bonds. The lowest BCUT2D eigenvalue weighted by molar-refractivity contribution is -0.120. The molecule has 0 aliphatic rings. The Morgan fingerprint density at radius 2 is 1.88 bits per heavy atom. The number of nitrogens with zero attached hydrogens (tertiary/aromatic N) is 2. The summed E-state index contributed by atoms with van der Waals surface area (Å²) in [7, 11) is 1.49. The quantitative estimate of drug-likeness (QED) is 0.525. The Kier molecular flexibility index (Phi) is 7.45. The van der Waals surface area contributed by atoms with Crippen LogP contribution in [0.2, 0.25) is 0 Å². The molecule has 1 aromatic heterocycles. The average molecular weight is 438 g/mol. The summed E-state index contributed by atoms with van der Waals surface area (Å²) in [6, 6.07) is 16.4. The van der Waals surface area contributed by atoms with E-state index in [4.69, 9.17) is 15.2 Å². The highest BCUT2D eigenvalue weighted by molar-refractivity contribution is 5.96. The molecule has 1 heterocycles. The van der Waals surface area contributed by atoms with Gasteiger partial charge in [-0.05, 0) is 30.2 Å². The number of nitrogens with one attached hydrogen (secondary N) is 1. The topological polar surface area (TPSA) is 120 Å². The second kappa shape index (κ2) is 10.5. The standard InChI is InChI=1S/C23H26N4O5/c1-16-7-6-10-18(13-16)32-15-19(28)27(14-17-8-4-3-5-9-17)20-21(24)26(11-12-31-2)23(30)25-22(20)29/h3-10,13H,11-12,14-15,24H2,1-2H3,(H,25,29,30). The first-order valence-electron chi connectivity index (χ1n) is 10.1. The summed E-state index contributed by atoms with van der Waals surface area (Å²) in [5.74, 6) is -0.0647. The fourth-order valence-electron chi connectivity index (χ4n) is 3.23. The van der Waals surface area contributed by atoms with Gasteiger partial charge in [0.25, 0.3) is 11.5 Å². The first-order chi connectivity index (χ1) is 15.4. The minimum absolute atomic E-state index is 0.0760. The predicted molar refractivity (Wildman–Crippen MR) is 122 cm³/mol. The molecule has 9 nitrogen and oxygen atoms in total. The molecule has 3 rings (SSSR count). The lowest BCUT2D eigenvalue weighted by Gasteiger charge is -2.24. The molecular formula is C23H26N4O5. The zero-order valence-corrected chi connectivity index (χ0v) is 18.0. The number of amides is 1. The smallest absolute Gasteiger partial charge is 0.330 e. The fourth-order valence-corrected chi connectivity index (χ4v) is 3.23. The van der Waals surface area contributed by atoms with Crippen LogP contribution in [-0.2, 0) is 22.6 Å². The summed E-state index contributed by atoms with van der Waals surface area (Å²) in [5.41, 5.74) is 6.44. The number of hydrogen-bond donors (Lipinski definition) is 2. The van der Waals surface area contributed by atoms with E-state index in [9.17, 15) is 14.4 Å². The van der Waals surface area contributed by atoms with E-state index in [-0.39, 0.29) is 37.8 Å². The van der Waals surface area contributed by atoms with E-state index in [1.165, 1.54) is 16.6 Å². The van der Waals surface area contributed by atoms with Crippen LogP contribution in [0.4, 0.5) is 11.5 Å². The normalized spacial score (nSPS) is 10.7. The molecule has 0 saturated carbocycles. The Balaban J connectivity index is 1.98. The molecule has 2 aromatic carbocycles. The van der Waals surface area contributed by atoms with Crippen LogP contribution >= 0.6 is 0 Å². The maximum Gasteiger partial charge on any atom is 0.330 e. The molecule has 0 radical (unpaired) electrons. The highest BCUT2D eigenvalue weighted by Gasteiger charge is 2.25. The third-order valence-electron chi connectivity index (χ3n) is 4.84. The van der Waals surface area contributed by atoms with Gasteiger partial charge in [0.2, 0.25) is 0 Å². The number of aryl methyl sites for hydroxylation is 1. The highest BCUT2D eigenvalue weighted by Crippen LogP contribution is 2.20. The van der Waals surface area contributed by atoms with Gasteiger partial charge in [-0.2, -0.15) is 0 Å². The minimum atomic E-state index is -0.749. The molecule has 0 aliphatic carbocycles. The monoisotopic (exact) mass is 438 g/mol. The highest BCUT2D eigenvalue weighted by atomic mass is 16.5. The number of rotatable bonds is 9. The van der Waals surface area contributed by atoms with Crippen molar-refractivity contribution < 1.29 is 14.3 Å². The van der Waals surface area contributed by atoms with Crippen LogP contribution in [0.1, 0.15) is 11.1 Å². The Labute approximate surface area is 185 Å². The average Bonchev–Trinajstić information content (AvgIpc) is 2.77. The van der Waals surface area contributed by atoms with Crippen molar-refractivity contribution in [2.75, 3.05) is 31.0 Å². The molecule has 0 fully saturated rings. The minimum Gasteiger partial charge on any atom is -0.484 e. The van der Waals surface area contributed by atoms with Crippen LogP contribution in [0.25, 0.3) is 0 Å². The first-order valence-corrected chi connectivity index (χ1v) is 10.1. The van der Waals surface area contributed by atoms with Gasteiger partial charge in [-0.3, -0.25) is 24.0 Å². The Hall–Kier alpha value is -3.85. The van der Waals surface area contributed by atoms with E-state index in [2.05, 4.69) is 4.98 Å². The van der Waals surface area contributed by atoms with Gasteiger partial charge in [0.1, 0.15) is 11.6 Å². The van der Waals surface area contributed by atoms with Crippen molar-refractivity contribution >= 4 is 17.4 Å². The van der Waals surface area contributed by atoms with Gasteiger partial charge in [0.05, 0.1) is 19.7 Å². The van der Waals surface area contributed by atoms with Gasteiger partial charge in [-0.1, -0.05) is 42.5 Å². The molecule has 0 aliphatic heterocycles. The molecule has 9 heteroatoms. The number of anilines is 2. The van der Waals surface area contributed by atoms with Gasteiger partial charge >= 0.3 is 5.69 Å². The zero-order chi connectivity index (χ0) is 23.1. The number of hydrogen-bond acceptors (Lipinski definition) is 6. The van der Waals surface area contributed by atoms with E-state index in [0.29, 0.717) is 5.75 Å². The summed E-state index contributed by atoms with van der Waals surface area (Å²) in [4.78, 5) is 41.7. The third kappa shape index (κ3) is 5.44. The van der Waals surface area contributed by atoms with Gasteiger partial charge in [0.15, 0.2) is 12.3 Å². The number of nitrogens with two attached hydrogens (primary N) is 1. The molecule has 3 aromatic rings. The lowest BCUT2D eigenvalue weighted by atomic mass is 10.2. The van der Waals surface area contributed by atoms with Crippen LogP contribution in [0.15, 0.2) is 64.2 Å². The van der Waals surface area contributed by atoms with Crippen molar-refractivity contribution in [1.29, 1.82) is 0 Å². The summed E-state index contributed by atoms with van der Waals surface area (Å²) in [6.07, 6.45) is 0. The van der Waals surface area contributed by atoms with Crippen LogP contribution in [0, 0.1) is 6.92 Å². The molecule has 0 bridgehead atoms. The maximum absolute atomic E-state index is 13.2. The maximum atomic E-state index is 13.2. The van der Waals surface area contributed by atoms with Gasteiger partial charge in [-0.15, -0.1) is 0 Å². The van der Waals surface area contributed by atoms with E-state index in [0.717, 1.165) is 11.1 Å². The Morgan fingerprint density at radius 1 is 1.12 bits per heavy atom. The van der Waals surface area contributed by atoms with Crippen molar-refractivity contribution in [2.45, 2.75) is 20.0 Å². The largest absolute Gasteiger partial charge is 0.484 e. The molecule has 168 valence electrons. The number of carbonyl (C=O) groups is 1. The van der Waals surface area contributed by atoms with E-state index < -0.39 is 17.2 Å². The van der Waals surface area contributed by atoms with Crippen LogP contribution < -0.4 is 26.6 Å². The SMILES string of the molecule is COCCn1c(N)c(N(Cc2ccccc2)C(=O)COc2cccc(C)c2)c(=O)[nH]c1=O. The van der Waals surface area contributed by atoms with Crippen molar-refractivity contribution in [2.24, 2.45) is 0 Å². The van der Waals surface area contributed by atoms with Crippen molar-refractivity contribution in [3.8, 4) is 5.75 Å². The van der Waals surface area contributed by atoms with E-state index in [1.807, 2.05) is 49.4 Å². The number of ether oxygens (including phenoxy) is 2. The van der Waals surface area contributed by atoms with Gasteiger partial charge < -0.3 is 15.2 Å². The number of aromatic nitrogens is 2. The molecule has 0 saturated heterocycles. The van der Waals surface area contributed by atoms with Crippen molar-refractivity contribution in [3.63, 3.8) is 0 Å². The molecular weight excluding hydrogens is 412 g/mol. The summed E-state index contributed by atoms with van der Waals surface area (Å²) in [6.45, 7) is 2.01. The summed E-state index contributed by atoms with van der Waals surface area (Å²) >= 11 is 0. The molecule has 3 N–H and O–H groups in total. The number of methoxy groups -OCH3 is 1. The Bertz CT molecular complexity index is 1190. The molecule has 0 spiro atoms. The second-order valence-corrected chi connectivity index (χ2v) is 7.21. The number of nitrogen functional groups attached to an aromatic ring is 1. The Morgan fingerprint density at radius 3 is 2.56 bits per heavy atom. The lowest BCUT2D eigenvalue weighted by Crippen LogP contribution is -2.42. The van der Waals surface area contributed by atoms with Crippen molar-refractivity contribution in [3.05, 3.63) is 86.6 Å². The van der Waals surface area contributed by atoms with E-state index >= 15 is 0 Å². The fraction of sp³-hybridized carbons (Fsp3) is 0.261. The predicted octanol–water partition coefficient (Wildman–Crippen LogP) is 1.69. The van der Waals surface area contributed by atoms with Gasteiger partial charge in [-0.25, -0.2) is 4.79 Å². The molecule has 0 atom stereocenters. The van der Waals surface area contributed by atoms with Crippen LogP contribution in [-0.4, -0.2) is 35.8 Å². The number of benzene rings is 2. The van der Waals surface area contributed by atoms with Crippen molar-refractivity contribution in [1.82, 2.24) is 9.55 Å². The van der Waals surface area contributed by atoms with Gasteiger partial charge in [0, 0.05) is 7.11 Å². The van der Waals surface area contributed by atoms with E-state index in [1.54, 1.807) is 12.1 Å². The van der Waals surface area contributed by atoms with Crippen LogP contribution in [0.3, 0.4) is 0 Å². The first kappa shape index (κ1) is 22.8. The molecule has 32 heavy (non-hydrogen) atoms. The summed E-state index contributed by atoms with van der Waals surface area (Å²) < 4.78 is 11.8. The second-order valence-electron chi connectivity index (χ2n) is 7.21. The number of aromatic amines is 1.